The van der Waals surface area contributed by atoms with Gasteiger partial charge in [-0.1, -0.05) is 67.6 Å². The molecule has 2 aromatic rings. The van der Waals surface area contributed by atoms with Crippen LogP contribution in [-0.2, 0) is 11.8 Å². The van der Waals surface area contributed by atoms with E-state index in [1.165, 1.54) is 30.4 Å². The topological polar surface area (TPSA) is 15.3 Å². The fourth-order valence-corrected chi connectivity index (χ4v) is 3.76. The van der Waals surface area contributed by atoms with Gasteiger partial charge < -0.3 is 10.2 Å². The van der Waals surface area contributed by atoms with Gasteiger partial charge in [0, 0.05) is 18.0 Å². The molecule has 0 aliphatic carbocycles. The van der Waals surface area contributed by atoms with E-state index in [-0.39, 0.29) is 5.41 Å². The van der Waals surface area contributed by atoms with Gasteiger partial charge in [-0.2, -0.15) is 0 Å². The minimum absolute atomic E-state index is 0.187. The zero-order chi connectivity index (χ0) is 18.1. The van der Waals surface area contributed by atoms with E-state index in [9.17, 15) is 0 Å². The summed E-state index contributed by atoms with van der Waals surface area (Å²) in [7, 11) is 6.44. The lowest BCUT2D eigenvalue weighted by atomic mass is 9.77. The van der Waals surface area contributed by atoms with E-state index in [1.807, 2.05) is 0 Å². The van der Waals surface area contributed by atoms with Gasteiger partial charge in [-0.15, -0.1) is 0 Å². The molecule has 2 heteroatoms. The van der Waals surface area contributed by atoms with Crippen LogP contribution in [0.4, 0.5) is 0 Å². The van der Waals surface area contributed by atoms with E-state index in [0.29, 0.717) is 6.04 Å². The number of likely N-dealkylation sites (N-methyl/N-ethyl adjacent to an activating group) is 1. The highest BCUT2D eigenvalue weighted by Crippen LogP contribution is 2.30. The van der Waals surface area contributed by atoms with E-state index >= 15 is 0 Å². The van der Waals surface area contributed by atoms with E-state index < -0.39 is 0 Å². The summed E-state index contributed by atoms with van der Waals surface area (Å²) in [5, 5.41) is 3.54. The minimum Gasteiger partial charge on any atom is -0.317 e. The third-order valence-electron chi connectivity index (χ3n) is 5.21. The smallest absolute Gasteiger partial charge is 0.00699 e. The maximum atomic E-state index is 3.54. The van der Waals surface area contributed by atoms with Crippen LogP contribution < -0.4 is 5.32 Å². The van der Waals surface area contributed by atoms with Crippen LogP contribution in [0.2, 0.25) is 0 Å². The van der Waals surface area contributed by atoms with E-state index in [2.05, 4.69) is 98.9 Å². The highest BCUT2D eigenvalue weighted by molar-refractivity contribution is 5.25. The van der Waals surface area contributed by atoms with E-state index in [4.69, 9.17) is 0 Å². The second-order valence-corrected chi connectivity index (χ2v) is 7.71. The molecule has 2 unspecified atom stereocenters. The largest absolute Gasteiger partial charge is 0.317 e. The molecule has 25 heavy (non-hydrogen) atoms. The summed E-state index contributed by atoms with van der Waals surface area (Å²) in [6, 6.07) is 22.4. The van der Waals surface area contributed by atoms with Gasteiger partial charge in [0.2, 0.25) is 0 Å². The molecule has 0 radical (unpaired) electrons. The maximum absolute atomic E-state index is 3.54. The Morgan fingerprint density at radius 1 is 0.920 bits per heavy atom. The molecule has 0 aromatic heterocycles. The van der Waals surface area contributed by atoms with Crippen molar-refractivity contribution in [2.45, 2.75) is 44.1 Å². The molecule has 0 aliphatic heterocycles. The second-order valence-electron chi connectivity index (χ2n) is 7.71. The molecule has 0 spiro atoms. The summed E-state index contributed by atoms with van der Waals surface area (Å²) >= 11 is 0. The lowest BCUT2D eigenvalue weighted by Crippen LogP contribution is -2.37. The van der Waals surface area contributed by atoms with Gasteiger partial charge in [-0.3, -0.25) is 0 Å². The van der Waals surface area contributed by atoms with Gasteiger partial charge in [0.05, 0.1) is 0 Å². The molecule has 0 amide bonds. The molecule has 0 saturated carbocycles. The third-order valence-corrected chi connectivity index (χ3v) is 5.21. The average molecular weight is 339 g/mol. The first-order valence-corrected chi connectivity index (χ1v) is 9.45. The van der Waals surface area contributed by atoms with Crippen molar-refractivity contribution >= 4 is 0 Å². The number of rotatable bonds is 10. The SMILES string of the molecule is CNC(CCc1ccccc1)CCC(C)(CN(C)C)c1ccccc1. The Labute approximate surface area is 154 Å². The first kappa shape index (κ1) is 19.7. The Bertz CT molecular complexity index is 594. The summed E-state index contributed by atoms with van der Waals surface area (Å²) < 4.78 is 0. The van der Waals surface area contributed by atoms with Crippen LogP contribution >= 0.6 is 0 Å². The van der Waals surface area contributed by atoms with Crippen molar-refractivity contribution in [2.24, 2.45) is 0 Å². The Balaban J connectivity index is 1.98. The average Bonchev–Trinajstić information content (AvgIpc) is 2.63. The van der Waals surface area contributed by atoms with Crippen molar-refractivity contribution in [2.75, 3.05) is 27.7 Å². The Kier molecular flexibility index (Phi) is 7.67. The van der Waals surface area contributed by atoms with Gasteiger partial charge in [0.25, 0.3) is 0 Å². The molecule has 0 heterocycles. The van der Waals surface area contributed by atoms with Gasteiger partial charge in [-0.25, -0.2) is 0 Å². The minimum atomic E-state index is 0.187. The maximum Gasteiger partial charge on any atom is 0.00699 e. The lowest BCUT2D eigenvalue weighted by molar-refractivity contribution is 0.268. The van der Waals surface area contributed by atoms with Crippen LogP contribution in [0.1, 0.15) is 37.3 Å². The van der Waals surface area contributed by atoms with Crippen molar-refractivity contribution in [1.82, 2.24) is 10.2 Å². The van der Waals surface area contributed by atoms with Crippen LogP contribution in [0, 0.1) is 0 Å². The molecular formula is C23H34N2. The fraction of sp³-hybridized carbons (Fsp3) is 0.478. The molecule has 0 saturated heterocycles. The number of nitrogens with zero attached hydrogens (tertiary/aromatic N) is 1. The van der Waals surface area contributed by atoms with Gasteiger partial charge in [-0.05, 0) is 58.0 Å². The molecule has 136 valence electrons. The molecule has 2 nitrogen and oxygen atoms in total. The predicted molar refractivity (Wildman–Crippen MR) is 109 cm³/mol. The summed E-state index contributed by atoms with van der Waals surface area (Å²) in [6.45, 7) is 3.48. The first-order valence-electron chi connectivity index (χ1n) is 9.45. The van der Waals surface area contributed by atoms with Crippen LogP contribution in [0.5, 0.6) is 0 Å². The highest BCUT2D eigenvalue weighted by Gasteiger charge is 2.28. The molecule has 0 aliphatic rings. The molecule has 0 fully saturated rings. The zero-order valence-electron chi connectivity index (χ0n) is 16.3. The van der Waals surface area contributed by atoms with E-state index in [1.54, 1.807) is 0 Å². The molecule has 2 rings (SSSR count). The monoisotopic (exact) mass is 338 g/mol. The van der Waals surface area contributed by atoms with Crippen molar-refractivity contribution in [3.05, 3.63) is 71.8 Å². The van der Waals surface area contributed by atoms with Crippen molar-refractivity contribution in [3.8, 4) is 0 Å². The van der Waals surface area contributed by atoms with Crippen LogP contribution in [0.3, 0.4) is 0 Å². The normalized spacial score (nSPS) is 15.1. The molecule has 1 N–H and O–H groups in total. The van der Waals surface area contributed by atoms with Gasteiger partial charge in [0.1, 0.15) is 0 Å². The van der Waals surface area contributed by atoms with Gasteiger partial charge >= 0.3 is 0 Å². The van der Waals surface area contributed by atoms with E-state index in [0.717, 1.165) is 13.0 Å². The van der Waals surface area contributed by atoms with Crippen LogP contribution in [0.25, 0.3) is 0 Å². The molecule has 0 bridgehead atoms. The summed E-state index contributed by atoms with van der Waals surface area (Å²) in [4.78, 5) is 2.31. The predicted octanol–water partition coefficient (Wildman–Crippen LogP) is 4.51. The zero-order valence-corrected chi connectivity index (χ0v) is 16.3. The van der Waals surface area contributed by atoms with Crippen molar-refractivity contribution in [3.63, 3.8) is 0 Å². The first-order chi connectivity index (χ1) is 12.0. The van der Waals surface area contributed by atoms with Crippen molar-refractivity contribution in [1.29, 1.82) is 0 Å². The van der Waals surface area contributed by atoms with Crippen molar-refractivity contribution < 1.29 is 0 Å². The van der Waals surface area contributed by atoms with Crippen LogP contribution in [0.15, 0.2) is 60.7 Å². The standard InChI is InChI=1S/C23H34N2/c1-23(19-25(3)4,21-13-9-6-10-14-21)18-17-22(24-2)16-15-20-11-7-5-8-12-20/h5-14,22,24H,15-19H2,1-4H3. The lowest BCUT2D eigenvalue weighted by Gasteiger charge is -2.34. The number of nitrogens with one attached hydrogen (secondary N) is 1. The number of aryl methyl sites for hydroxylation is 1. The Morgan fingerprint density at radius 3 is 2.08 bits per heavy atom. The quantitative estimate of drug-likeness (QED) is 0.686. The van der Waals surface area contributed by atoms with Gasteiger partial charge in [0.15, 0.2) is 0 Å². The highest BCUT2D eigenvalue weighted by atomic mass is 15.1. The number of hydrogen-bond donors (Lipinski definition) is 1. The summed E-state index contributed by atoms with van der Waals surface area (Å²) in [5.74, 6) is 0. The summed E-state index contributed by atoms with van der Waals surface area (Å²) in [6.07, 6.45) is 4.72. The summed E-state index contributed by atoms with van der Waals surface area (Å²) in [5.41, 5.74) is 3.07. The fourth-order valence-electron chi connectivity index (χ4n) is 3.76. The Hall–Kier alpha value is -1.64. The number of hydrogen-bond acceptors (Lipinski definition) is 2. The molecular weight excluding hydrogens is 304 g/mol. The molecule has 2 aromatic carbocycles. The third kappa shape index (κ3) is 6.30. The number of benzene rings is 2. The van der Waals surface area contributed by atoms with Crippen LogP contribution in [-0.4, -0.2) is 38.6 Å². The molecule has 2 atom stereocenters. The second kappa shape index (κ2) is 9.74. The Morgan fingerprint density at radius 2 is 1.52 bits per heavy atom.